The minimum absolute atomic E-state index is 0.356. The van der Waals surface area contributed by atoms with Gasteiger partial charge in [-0.3, -0.25) is 0 Å². The van der Waals surface area contributed by atoms with Crippen LogP contribution in [0.2, 0.25) is 0 Å². The Morgan fingerprint density at radius 2 is 1.85 bits per heavy atom. The third-order valence-electron chi connectivity index (χ3n) is 4.76. The lowest BCUT2D eigenvalue weighted by Crippen LogP contribution is -2.20. The van der Waals surface area contributed by atoms with Gasteiger partial charge in [0.1, 0.15) is 11.8 Å². The number of rotatable bonds is 4. The molecule has 0 N–H and O–H groups in total. The number of ether oxygens (including phenoxy) is 1. The van der Waals surface area contributed by atoms with Crippen molar-refractivity contribution >= 4 is 5.82 Å². The number of anilines is 1. The minimum Gasteiger partial charge on any atom is -0.497 e. The smallest absolute Gasteiger partial charge is 0.207 e. The summed E-state index contributed by atoms with van der Waals surface area (Å²) in [7, 11) is 1.63. The molecule has 1 aliphatic rings. The molecule has 0 bridgehead atoms. The van der Waals surface area contributed by atoms with Gasteiger partial charge in [-0.1, -0.05) is 30.3 Å². The van der Waals surface area contributed by atoms with Crippen LogP contribution in [0.25, 0.3) is 5.69 Å². The number of nitriles is 1. The van der Waals surface area contributed by atoms with E-state index >= 15 is 0 Å². The van der Waals surface area contributed by atoms with Crippen molar-refractivity contribution in [1.29, 1.82) is 5.26 Å². The molecule has 0 aliphatic carbocycles. The molecule has 1 unspecified atom stereocenters. The number of hydrogen-bond acceptors (Lipinski definition) is 5. The molecule has 2 aromatic carbocycles. The largest absolute Gasteiger partial charge is 0.497 e. The monoisotopic (exact) mass is 345 g/mol. The third-order valence-corrected chi connectivity index (χ3v) is 4.76. The van der Waals surface area contributed by atoms with Gasteiger partial charge in [-0.15, -0.1) is 15.0 Å². The van der Waals surface area contributed by atoms with Crippen LogP contribution in [-0.4, -0.2) is 35.2 Å². The molecule has 0 radical (unpaired) electrons. The van der Waals surface area contributed by atoms with E-state index in [4.69, 9.17) is 4.74 Å². The molecule has 6 nitrogen and oxygen atoms in total. The first-order valence-corrected chi connectivity index (χ1v) is 8.60. The SMILES string of the molecule is COc1ccc(-n2nc(C#N)c(N3CCC(c4ccccc4)C3)n2)cc1. The Morgan fingerprint density at radius 3 is 2.54 bits per heavy atom. The van der Waals surface area contributed by atoms with Crippen molar-refractivity contribution in [2.45, 2.75) is 12.3 Å². The van der Waals surface area contributed by atoms with Crippen molar-refractivity contribution < 1.29 is 4.74 Å². The van der Waals surface area contributed by atoms with E-state index in [0.29, 0.717) is 17.4 Å². The Bertz CT molecular complexity index is 927. The van der Waals surface area contributed by atoms with Crippen LogP contribution >= 0.6 is 0 Å². The molecule has 6 heteroatoms. The maximum Gasteiger partial charge on any atom is 0.207 e. The van der Waals surface area contributed by atoms with Crippen LogP contribution in [0.1, 0.15) is 23.6 Å². The topological polar surface area (TPSA) is 67.0 Å². The second-order valence-electron chi connectivity index (χ2n) is 6.31. The normalized spacial score (nSPS) is 16.5. The van der Waals surface area contributed by atoms with E-state index in [1.54, 1.807) is 7.11 Å². The van der Waals surface area contributed by atoms with Crippen LogP contribution in [0, 0.1) is 11.3 Å². The second-order valence-corrected chi connectivity index (χ2v) is 6.31. The van der Waals surface area contributed by atoms with E-state index in [0.717, 1.165) is 30.9 Å². The van der Waals surface area contributed by atoms with Gasteiger partial charge in [0.2, 0.25) is 5.69 Å². The number of aromatic nitrogens is 3. The average Bonchev–Trinajstić information content (AvgIpc) is 3.35. The predicted molar refractivity (Wildman–Crippen MR) is 98.6 cm³/mol. The summed E-state index contributed by atoms with van der Waals surface area (Å²) in [6.45, 7) is 1.72. The molecular weight excluding hydrogens is 326 g/mol. The Hall–Kier alpha value is -3.33. The van der Waals surface area contributed by atoms with Crippen molar-refractivity contribution in [2.75, 3.05) is 25.1 Å². The van der Waals surface area contributed by atoms with Crippen molar-refractivity contribution in [2.24, 2.45) is 0 Å². The summed E-state index contributed by atoms with van der Waals surface area (Å²) in [6.07, 6.45) is 1.05. The van der Waals surface area contributed by atoms with Gasteiger partial charge in [0.05, 0.1) is 12.8 Å². The zero-order valence-electron chi connectivity index (χ0n) is 14.5. The fourth-order valence-electron chi connectivity index (χ4n) is 3.37. The van der Waals surface area contributed by atoms with E-state index in [9.17, 15) is 5.26 Å². The Morgan fingerprint density at radius 1 is 1.08 bits per heavy atom. The maximum absolute atomic E-state index is 9.49. The number of nitrogens with zero attached hydrogens (tertiary/aromatic N) is 5. The van der Waals surface area contributed by atoms with Gasteiger partial charge in [-0.25, -0.2) is 0 Å². The zero-order valence-corrected chi connectivity index (χ0v) is 14.5. The number of methoxy groups -OCH3 is 1. The summed E-state index contributed by atoms with van der Waals surface area (Å²) in [4.78, 5) is 3.67. The summed E-state index contributed by atoms with van der Waals surface area (Å²) in [5.41, 5.74) is 2.48. The van der Waals surface area contributed by atoms with Crippen LogP contribution < -0.4 is 9.64 Å². The van der Waals surface area contributed by atoms with Gasteiger partial charge in [-0.05, 0) is 36.2 Å². The molecule has 4 rings (SSSR count). The third kappa shape index (κ3) is 3.00. The van der Waals surface area contributed by atoms with Gasteiger partial charge in [0, 0.05) is 19.0 Å². The maximum atomic E-state index is 9.49. The van der Waals surface area contributed by atoms with E-state index in [1.807, 2.05) is 30.3 Å². The van der Waals surface area contributed by atoms with Crippen molar-refractivity contribution in [1.82, 2.24) is 15.0 Å². The molecule has 0 saturated carbocycles. The van der Waals surface area contributed by atoms with Gasteiger partial charge < -0.3 is 9.64 Å². The first kappa shape index (κ1) is 16.2. The van der Waals surface area contributed by atoms with E-state index < -0.39 is 0 Å². The highest BCUT2D eigenvalue weighted by Crippen LogP contribution is 2.31. The average molecular weight is 345 g/mol. The fourth-order valence-corrected chi connectivity index (χ4v) is 3.37. The fraction of sp³-hybridized carbons (Fsp3) is 0.250. The minimum atomic E-state index is 0.356. The Balaban J connectivity index is 1.59. The molecule has 1 saturated heterocycles. The van der Waals surface area contributed by atoms with Crippen LogP contribution in [0.5, 0.6) is 5.75 Å². The molecule has 1 atom stereocenters. The van der Waals surface area contributed by atoms with Crippen molar-refractivity contribution in [3.05, 3.63) is 65.9 Å². The molecule has 0 amide bonds. The summed E-state index contributed by atoms with van der Waals surface area (Å²) < 4.78 is 5.18. The Kier molecular flexibility index (Phi) is 4.28. The first-order valence-electron chi connectivity index (χ1n) is 8.60. The van der Waals surface area contributed by atoms with E-state index in [1.165, 1.54) is 10.4 Å². The highest BCUT2D eigenvalue weighted by Gasteiger charge is 2.28. The molecule has 2 heterocycles. The van der Waals surface area contributed by atoms with Crippen molar-refractivity contribution in [3.63, 3.8) is 0 Å². The van der Waals surface area contributed by atoms with Gasteiger partial charge >= 0.3 is 0 Å². The molecule has 1 aliphatic heterocycles. The lowest BCUT2D eigenvalue weighted by atomic mass is 9.99. The summed E-state index contributed by atoms with van der Waals surface area (Å²) in [6, 6.07) is 20.1. The van der Waals surface area contributed by atoms with Crippen LogP contribution in [0.15, 0.2) is 54.6 Å². The van der Waals surface area contributed by atoms with Crippen LogP contribution in [-0.2, 0) is 0 Å². The quantitative estimate of drug-likeness (QED) is 0.727. The lowest BCUT2D eigenvalue weighted by Gasteiger charge is -2.15. The molecule has 1 aromatic heterocycles. The standard InChI is InChI=1S/C20H19N5O/c1-26-18-9-7-17(8-10-18)25-22-19(13-21)20(23-25)24-12-11-16(14-24)15-5-3-2-4-6-15/h2-10,16H,11-12,14H2,1H3. The van der Waals surface area contributed by atoms with Gasteiger partial charge in [0.15, 0.2) is 5.82 Å². The van der Waals surface area contributed by atoms with Gasteiger partial charge in [-0.2, -0.15) is 5.26 Å². The van der Waals surface area contributed by atoms with Crippen LogP contribution in [0.3, 0.4) is 0 Å². The molecule has 130 valence electrons. The summed E-state index contributed by atoms with van der Waals surface area (Å²) in [5.74, 6) is 1.88. The highest BCUT2D eigenvalue weighted by atomic mass is 16.5. The molecule has 1 fully saturated rings. The van der Waals surface area contributed by atoms with E-state index in [2.05, 4.69) is 45.4 Å². The van der Waals surface area contributed by atoms with Gasteiger partial charge in [0.25, 0.3) is 0 Å². The highest BCUT2D eigenvalue weighted by molar-refractivity contribution is 5.52. The second kappa shape index (κ2) is 6.89. The van der Waals surface area contributed by atoms with Crippen molar-refractivity contribution in [3.8, 4) is 17.5 Å². The first-order chi connectivity index (χ1) is 12.8. The lowest BCUT2D eigenvalue weighted by molar-refractivity contribution is 0.414. The van der Waals surface area contributed by atoms with E-state index in [-0.39, 0.29) is 0 Å². The molecule has 26 heavy (non-hydrogen) atoms. The predicted octanol–water partition coefficient (Wildman–Crippen LogP) is 3.14. The molecule has 3 aromatic rings. The summed E-state index contributed by atoms with van der Waals surface area (Å²) >= 11 is 0. The number of hydrogen-bond donors (Lipinski definition) is 0. The van der Waals surface area contributed by atoms with Crippen LogP contribution in [0.4, 0.5) is 5.82 Å². The zero-order chi connectivity index (χ0) is 17.9. The summed E-state index contributed by atoms with van der Waals surface area (Å²) in [5, 5.41) is 18.4. The Labute approximate surface area is 152 Å². The molecular formula is C20H19N5O. The number of benzene rings is 2. The molecule has 0 spiro atoms.